The van der Waals surface area contributed by atoms with Crippen LogP contribution in [0.5, 0.6) is 0 Å². The Kier molecular flexibility index (Phi) is 4.56. The lowest BCUT2D eigenvalue weighted by Crippen LogP contribution is -2.22. The van der Waals surface area contributed by atoms with Gasteiger partial charge in [0.25, 0.3) is 0 Å². The van der Waals surface area contributed by atoms with E-state index in [4.69, 9.17) is 11.6 Å². The lowest BCUT2D eigenvalue weighted by atomic mass is 9.99. The van der Waals surface area contributed by atoms with Crippen molar-refractivity contribution < 1.29 is 4.39 Å². The average Bonchev–Trinajstić information content (AvgIpc) is 2.36. The molecular formula is C16H17ClFN. The highest BCUT2D eigenvalue weighted by Gasteiger charge is 2.07. The molecule has 0 spiro atoms. The Labute approximate surface area is 118 Å². The third kappa shape index (κ3) is 3.79. The summed E-state index contributed by atoms with van der Waals surface area (Å²) >= 11 is 6.05. The van der Waals surface area contributed by atoms with E-state index in [9.17, 15) is 4.39 Å². The van der Waals surface area contributed by atoms with E-state index in [2.05, 4.69) is 19.2 Å². The number of rotatable bonds is 4. The van der Waals surface area contributed by atoms with Gasteiger partial charge in [0.2, 0.25) is 0 Å². The van der Waals surface area contributed by atoms with Crippen LogP contribution >= 0.6 is 11.6 Å². The van der Waals surface area contributed by atoms with Crippen LogP contribution in [0.1, 0.15) is 19.4 Å². The van der Waals surface area contributed by atoms with Gasteiger partial charge in [-0.05, 0) is 41.0 Å². The Hall–Kier alpha value is -1.38. The van der Waals surface area contributed by atoms with Gasteiger partial charge in [0, 0.05) is 17.6 Å². The summed E-state index contributed by atoms with van der Waals surface area (Å²) in [4.78, 5) is 0. The molecule has 0 fully saturated rings. The third-order valence-electron chi connectivity index (χ3n) is 2.90. The Morgan fingerprint density at radius 2 is 1.95 bits per heavy atom. The van der Waals surface area contributed by atoms with Gasteiger partial charge in [0.05, 0.1) is 0 Å². The quantitative estimate of drug-likeness (QED) is 0.858. The van der Waals surface area contributed by atoms with Crippen LogP contribution < -0.4 is 5.32 Å². The topological polar surface area (TPSA) is 12.0 Å². The van der Waals surface area contributed by atoms with E-state index < -0.39 is 0 Å². The zero-order valence-electron chi connectivity index (χ0n) is 11.1. The molecule has 0 aliphatic carbocycles. The van der Waals surface area contributed by atoms with Gasteiger partial charge < -0.3 is 5.32 Å². The van der Waals surface area contributed by atoms with Crippen molar-refractivity contribution in [2.45, 2.75) is 26.4 Å². The first kappa shape index (κ1) is 14.0. The predicted molar refractivity (Wildman–Crippen MR) is 78.8 cm³/mol. The number of halogens is 2. The van der Waals surface area contributed by atoms with Crippen molar-refractivity contribution >= 4 is 11.6 Å². The molecule has 2 rings (SSSR count). The molecule has 0 aliphatic rings. The first-order valence-corrected chi connectivity index (χ1v) is 6.72. The normalized spacial score (nSPS) is 11.0. The van der Waals surface area contributed by atoms with Crippen molar-refractivity contribution in [1.82, 2.24) is 5.32 Å². The lowest BCUT2D eigenvalue weighted by molar-refractivity contribution is 0.589. The number of benzene rings is 2. The number of nitrogens with one attached hydrogen (secondary N) is 1. The second kappa shape index (κ2) is 6.18. The maximum absolute atomic E-state index is 13.3. The van der Waals surface area contributed by atoms with Crippen LogP contribution in [0.2, 0.25) is 5.02 Å². The summed E-state index contributed by atoms with van der Waals surface area (Å²) in [6.07, 6.45) is 0. The Bertz CT molecular complexity index is 566. The smallest absolute Gasteiger partial charge is 0.123 e. The van der Waals surface area contributed by atoms with Gasteiger partial charge in [0.15, 0.2) is 0 Å². The van der Waals surface area contributed by atoms with Crippen molar-refractivity contribution in [3.05, 3.63) is 58.9 Å². The first-order chi connectivity index (χ1) is 9.06. The summed E-state index contributed by atoms with van der Waals surface area (Å²) in [7, 11) is 0. The van der Waals surface area contributed by atoms with E-state index >= 15 is 0 Å². The molecule has 0 saturated carbocycles. The summed E-state index contributed by atoms with van der Waals surface area (Å²) < 4.78 is 13.3. The molecule has 0 amide bonds. The van der Waals surface area contributed by atoms with Crippen LogP contribution in [0.3, 0.4) is 0 Å². The zero-order chi connectivity index (χ0) is 13.8. The van der Waals surface area contributed by atoms with Crippen LogP contribution in [0.15, 0.2) is 42.5 Å². The molecule has 0 atom stereocenters. The fourth-order valence-corrected chi connectivity index (χ4v) is 2.15. The van der Waals surface area contributed by atoms with Crippen LogP contribution in [-0.2, 0) is 6.54 Å². The highest BCUT2D eigenvalue weighted by atomic mass is 35.5. The van der Waals surface area contributed by atoms with Crippen LogP contribution in [0, 0.1) is 5.82 Å². The van der Waals surface area contributed by atoms with Gasteiger partial charge in [-0.1, -0.05) is 43.6 Å². The molecule has 0 heterocycles. The molecule has 0 bridgehead atoms. The lowest BCUT2D eigenvalue weighted by Gasteiger charge is -2.13. The largest absolute Gasteiger partial charge is 0.310 e. The summed E-state index contributed by atoms with van der Waals surface area (Å²) in [5.41, 5.74) is 2.96. The molecule has 100 valence electrons. The van der Waals surface area contributed by atoms with E-state index in [0.717, 1.165) is 16.7 Å². The predicted octanol–water partition coefficient (Wildman–Crippen LogP) is 4.64. The second-order valence-corrected chi connectivity index (χ2v) is 5.28. The fraction of sp³-hybridized carbons (Fsp3) is 0.250. The molecule has 2 aromatic carbocycles. The number of hydrogen-bond acceptors (Lipinski definition) is 1. The van der Waals surface area contributed by atoms with Crippen molar-refractivity contribution in [2.24, 2.45) is 0 Å². The van der Waals surface area contributed by atoms with E-state index in [-0.39, 0.29) is 5.82 Å². The molecule has 3 heteroatoms. The third-order valence-corrected chi connectivity index (χ3v) is 3.14. The van der Waals surface area contributed by atoms with Gasteiger partial charge in [-0.2, -0.15) is 0 Å². The minimum Gasteiger partial charge on any atom is -0.310 e. The maximum atomic E-state index is 13.3. The van der Waals surface area contributed by atoms with Crippen molar-refractivity contribution in [1.29, 1.82) is 0 Å². The molecule has 0 unspecified atom stereocenters. The molecule has 0 aromatic heterocycles. The first-order valence-electron chi connectivity index (χ1n) is 6.34. The Balaban J connectivity index is 2.38. The monoisotopic (exact) mass is 277 g/mol. The molecule has 0 aliphatic heterocycles. The zero-order valence-corrected chi connectivity index (χ0v) is 11.8. The van der Waals surface area contributed by atoms with E-state index in [1.807, 2.05) is 24.3 Å². The molecule has 0 radical (unpaired) electrons. The summed E-state index contributed by atoms with van der Waals surface area (Å²) in [5, 5.41) is 4.06. The summed E-state index contributed by atoms with van der Waals surface area (Å²) in [6.45, 7) is 4.89. The highest BCUT2D eigenvalue weighted by Crippen LogP contribution is 2.27. The van der Waals surface area contributed by atoms with E-state index in [0.29, 0.717) is 17.6 Å². The van der Waals surface area contributed by atoms with Gasteiger partial charge in [-0.25, -0.2) is 4.39 Å². The van der Waals surface area contributed by atoms with Crippen molar-refractivity contribution in [2.75, 3.05) is 0 Å². The standard InChI is InChI=1S/C16H17ClFN/c1-11(2)19-10-13-8-14(17)6-7-16(13)12-4-3-5-15(18)9-12/h3-9,11,19H,10H2,1-2H3. The molecular weight excluding hydrogens is 261 g/mol. The molecule has 1 nitrogen and oxygen atoms in total. The SMILES string of the molecule is CC(C)NCc1cc(Cl)ccc1-c1cccc(F)c1. The van der Waals surface area contributed by atoms with Crippen LogP contribution in [0.25, 0.3) is 11.1 Å². The summed E-state index contributed by atoms with van der Waals surface area (Å²) in [6, 6.07) is 12.7. The Morgan fingerprint density at radius 1 is 1.16 bits per heavy atom. The highest BCUT2D eigenvalue weighted by molar-refractivity contribution is 6.30. The van der Waals surface area contributed by atoms with Crippen molar-refractivity contribution in [3.63, 3.8) is 0 Å². The number of hydrogen-bond donors (Lipinski definition) is 1. The van der Waals surface area contributed by atoms with Gasteiger partial charge in [0.1, 0.15) is 5.82 Å². The van der Waals surface area contributed by atoms with Crippen LogP contribution in [-0.4, -0.2) is 6.04 Å². The maximum Gasteiger partial charge on any atom is 0.123 e. The van der Waals surface area contributed by atoms with Crippen molar-refractivity contribution in [3.8, 4) is 11.1 Å². The summed E-state index contributed by atoms with van der Waals surface area (Å²) in [5.74, 6) is -0.227. The minimum atomic E-state index is -0.227. The second-order valence-electron chi connectivity index (χ2n) is 4.85. The average molecular weight is 278 g/mol. The molecule has 19 heavy (non-hydrogen) atoms. The van der Waals surface area contributed by atoms with E-state index in [1.165, 1.54) is 6.07 Å². The minimum absolute atomic E-state index is 0.227. The molecule has 2 aromatic rings. The van der Waals surface area contributed by atoms with E-state index in [1.54, 1.807) is 12.1 Å². The van der Waals surface area contributed by atoms with Gasteiger partial charge in [-0.15, -0.1) is 0 Å². The molecule has 1 N–H and O–H groups in total. The van der Waals surface area contributed by atoms with Gasteiger partial charge in [-0.3, -0.25) is 0 Å². The van der Waals surface area contributed by atoms with Gasteiger partial charge >= 0.3 is 0 Å². The Morgan fingerprint density at radius 3 is 2.63 bits per heavy atom. The molecule has 0 saturated heterocycles. The van der Waals surface area contributed by atoms with Crippen LogP contribution in [0.4, 0.5) is 4.39 Å². The fourth-order valence-electron chi connectivity index (χ4n) is 1.96.